The monoisotopic (exact) mass is 490 g/mol. The van der Waals surface area contributed by atoms with Crippen LogP contribution in [0.5, 0.6) is 0 Å². The summed E-state index contributed by atoms with van der Waals surface area (Å²) in [6.07, 6.45) is 3.28. The smallest absolute Gasteiger partial charge is 0.410 e. The molecule has 0 N–H and O–H groups in total. The van der Waals surface area contributed by atoms with Crippen LogP contribution in [0.2, 0.25) is 0 Å². The maximum Gasteiger partial charge on any atom is 0.410 e. The Morgan fingerprint density at radius 1 is 1.08 bits per heavy atom. The Hall–Kier alpha value is -3.75. The lowest BCUT2D eigenvalue weighted by Crippen LogP contribution is -2.59. The van der Waals surface area contributed by atoms with Crippen molar-refractivity contribution in [3.05, 3.63) is 48.5 Å². The third-order valence-corrected chi connectivity index (χ3v) is 6.39. The lowest BCUT2D eigenvalue weighted by molar-refractivity contribution is 0.00566. The van der Waals surface area contributed by atoms with Crippen LogP contribution in [0.15, 0.2) is 42.7 Å². The number of fused-ring (bicyclic) bond motifs is 2. The number of amides is 1. The van der Waals surface area contributed by atoms with E-state index in [4.69, 9.17) is 9.72 Å². The van der Waals surface area contributed by atoms with Gasteiger partial charge in [-0.1, -0.05) is 0 Å². The fourth-order valence-corrected chi connectivity index (χ4v) is 4.91. The molecule has 9 heteroatoms. The number of halogens is 1. The second-order valence-electron chi connectivity index (χ2n) is 10.6. The summed E-state index contributed by atoms with van der Waals surface area (Å²) in [5.74, 6) is 0.0732. The van der Waals surface area contributed by atoms with E-state index in [1.54, 1.807) is 24.1 Å². The molecule has 2 aromatic carbocycles. The van der Waals surface area contributed by atoms with E-state index in [0.29, 0.717) is 35.4 Å². The molecule has 0 bridgehead atoms. The molecule has 1 aliphatic rings. The van der Waals surface area contributed by atoms with Crippen molar-refractivity contribution < 1.29 is 13.9 Å². The van der Waals surface area contributed by atoms with E-state index in [9.17, 15) is 9.18 Å². The predicted octanol–water partition coefficient (Wildman–Crippen LogP) is 5.16. The second kappa shape index (κ2) is 8.72. The minimum atomic E-state index is -0.527. The van der Waals surface area contributed by atoms with E-state index in [0.717, 1.165) is 16.6 Å². The first-order chi connectivity index (χ1) is 17.0. The number of anilines is 1. The topological polar surface area (TPSA) is 76.4 Å². The molecule has 188 valence electrons. The molecule has 1 amide bonds. The summed E-state index contributed by atoms with van der Waals surface area (Å²) in [4.78, 5) is 26.1. The van der Waals surface area contributed by atoms with Crippen molar-refractivity contribution >= 4 is 33.6 Å². The zero-order valence-corrected chi connectivity index (χ0v) is 21.5. The van der Waals surface area contributed by atoms with Crippen LogP contribution < -0.4 is 4.90 Å². The molecule has 1 fully saturated rings. The van der Waals surface area contributed by atoms with Crippen LogP contribution in [0, 0.1) is 5.82 Å². The van der Waals surface area contributed by atoms with Crippen molar-refractivity contribution in [3.8, 4) is 11.4 Å². The van der Waals surface area contributed by atoms with Crippen molar-refractivity contribution in [2.24, 2.45) is 7.05 Å². The molecule has 0 spiro atoms. The Morgan fingerprint density at radius 2 is 1.81 bits per heavy atom. The number of piperazine rings is 1. The highest BCUT2D eigenvalue weighted by Crippen LogP contribution is 2.29. The number of carbonyl (C=O) groups excluding carboxylic acids is 1. The molecule has 4 aromatic rings. The fraction of sp³-hybridized carbons (Fsp3) is 0.407. The number of hydrogen-bond donors (Lipinski definition) is 0. The Balaban J connectivity index is 1.38. The van der Waals surface area contributed by atoms with Crippen molar-refractivity contribution in [1.29, 1.82) is 0 Å². The number of nitrogens with zero attached hydrogens (tertiary/aromatic N) is 6. The van der Waals surface area contributed by atoms with Crippen molar-refractivity contribution in [2.45, 2.75) is 52.3 Å². The van der Waals surface area contributed by atoms with E-state index in [1.807, 2.05) is 57.7 Å². The molecule has 0 unspecified atom stereocenters. The molecule has 2 atom stereocenters. The number of carbonyl (C=O) groups is 1. The summed E-state index contributed by atoms with van der Waals surface area (Å²) in [6.45, 7) is 11.1. The number of rotatable bonds is 2. The van der Waals surface area contributed by atoms with Crippen LogP contribution in [0.3, 0.4) is 0 Å². The first-order valence-corrected chi connectivity index (χ1v) is 12.1. The van der Waals surface area contributed by atoms with Crippen LogP contribution in [-0.4, -0.2) is 61.5 Å². The third-order valence-electron chi connectivity index (χ3n) is 6.39. The number of aryl methyl sites for hydroxylation is 1. The minimum Gasteiger partial charge on any atom is -0.444 e. The average Bonchev–Trinajstić information content (AvgIpc) is 3.17. The highest BCUT2D eigenvalue weighted by Gasteiger charge is 2.35. The van der Waals surface area contributed by atoms with Crippen molar-refractivity contribution in [1.82, 2.24) is 24.6 Å². The van der Waals surface area contributed by atoms with Gasteiger partial charge in [0.05, 0.1) is 17.6 Å². The molecule has 36 heavy (non-hydrogen) atoms. The van der Waals surface area contributed by atoms with Crippen LogP contribution >= 0.6 is 0 Å². The van der Waals surface area contributed by atoms with Gasteiger partial charge in [-0.05, 0) is 65.0 Å². The lowest BCUT2D eigenvalue weighted by atomic mass is 10.1. The molecule has 8 nitrogen and oxygen atoms in total. The molecule has 0 aliphatic carbocycles. The van der Waals surface area contributed by atoms with Gasteiger partial charge in [0.2, 0.25) is 0 Å². The lowest BCUT2D eigenvalue weighted by Gasteiger charge is -2.45. The van der Waals surface area contributed by atoms with E-state index in [-0.39, 0.29) is 18.2 Å². The zero-order chi connectivity index (χ0) is 25.8. The molecule has 3 heterocycles. The average molecular weight is 491 g/mol. The Bertz CT molecular complexity index is 1450. The zero-order valence-electron chi connectivity index (χ0n) is 21.5. The second-order valence-corrected chi connectivity index (χ2v) is 10.6. The van der Waals surface area contributed by atoms with Gasteiger partial charge in [-0.3, -0.25) is 9.58 Å². The van der Waals surface area contributed by atoms with E-state index in [2.05, 4.69) is 21.0 Å². The highest BCUT2D eigenvalue weighted by molar-refractivity contribution is 5.86. The van der Waals surface area contributed by atoms with Gasteiger partial charge in [0.15, 0.2) is 11.6 Å². The number of benzene rings is 2. The number of hydrogen-bond acceptors (Lipinski definition) is 6. The molecule has 1 saturated heterocycles. The third kappa shape index (κ3) is 4.57. The van der Waals surface area contributed by atoms with E-state index >= 15 is 0 Å². The standard InChI is InChI=1S/C27H31FN6O2/c1-16-13-33(14-17(2)34(16)26(35)36-27(3,4)5)21-7-8-23-19(10-21)12-29-25(30-23)18-9-20-15-32(6)31-24(20)22(28)11-18/h7-12,15-17H,13-14H2,1-6H3/t16-,17+. The van der Waals surface area contributed by atoms with Gasteiger partial charge in [0.25, 0.3) is 0 Å². The van der Waals surface area contributed by atoms with E-state index in [1.165, 1.54) is 6.07 Å². The van der Waals surface area contributed by atoms with Gasteiger partial charge in [0.1, 0.15) is 11.1 Å². The van der Waals surface area contributed by atoms with Crippen LogP contribution in [0.25, 0.3) is 33.2 Å². The van der Waals surface area contributed by atoms with Crippen molar-refractivity contribution in [2.75, 3.05) is 18.0 Å². The summed E-state index contributed by atoms with van der Waals surface area (Å²) < 4.78 is 21.8. The van der Waals surface area contributed by atoms with Crippen LogP contribution in [-0.2, 0) is 11.8 Å². The van der Waals surface area contributed by atoms with Gasteiger partial charge < -0.3 is 9.64 Å². The van der Waals surface area contributed by atoms with Crippen LogP contribution in [0.1, 0.15) is 34.6 Å². The van der Waals surface area contributed by atoms with E-state index < -0.39 is 11.4 Å². The Kier molecular flexibility index (Phi) is 5.81. The number of ether oxygens (including phenoxy) is 1. The molecular weight excluding hydrogens is 459 g/mol. The summed E-state index contributed by atoms with van der Waals surface area (Å²) in [6, 6.07) is 9.33. The summed E-state index contributed by atoms with van der Waals surface area (Å²) in [5, 5.41) is 5.77. The molecule has 5 rings (SSSR count). The van der Waals surface area contributed by atoms with Gasteiger partial charge in [-0.25, -0.2) is 19.2 Å². The van der Waals surface area contributed by atoms with Gasteiger partial charge in [-0.15, -0.1) is 0 Å². The predicted molar refractivity (Wildman–Crippen MR) is 138 cm³/mol. The molecular formula is C27H31FN6O2. The molecule has 0 saturated carbocycles. The van der Waals surface area contributed by atoms with Gasteiger partial charge in [-0.2, -0.15) is 5.10 Å². The maximum absolute atomic E-state index is 14.6. The summed E-state index contributed by atoms with van der Waals surface area (Å²) in [7, 11) is 1.77. The largest absolute Gasteiger partial charge is 0.444 e. The normalized spacial score (nSPS) is 18.8. The van der Waals surface area contributed by atoms with Crippen LogP contribution in [0.4, 0.5) is 14.9 Å². The summed E-state index contributed by atoms with van der Waals surface area (Å²) >= 11 is 0. The molecule has 1 aliphatic heterocycles. The first kappa shape index (κ1) is 24.0. The Morgan fingerprint density at radius 3 is 2.50 bits per heavy atom. The Labute approximate surface area is 209 Å². The fourth-order valence-electron chi connectivity index (χ4n) is 4.91. The quantitative estimate of drug-likeness (QED) is 0.387. The highest BCUT2D eigenvalue weighted by atomic mass is 19.1. The molecule has 2 aromatic heterocycles. The number of aromatic nitrogens is 4. The first-order valence-electron chi connectivity index (χ1n) is 12.1. The summed E-state index contributed by atoms with van der Waals surface area (Å²) in [5.41, 5.74) is 2.25. The SMILES string of the molecule is C[C@@H]1CN(c2ccc3nc(-c4cc(F)c5nn(C)cc5c4)ncc3c2)C[C@H](C)N1C(=O)OC(C)(C)C. The molecule has 0 radical (unpaired) electrons. The van der Waals surface area contributed by atoms with Crippen molar-refractivity contribution in [3.63, 3.8) is 0 Å². The van der Waals surface area contributed by atoms with Gasteiger partial charge >= 0.3 is 6.09 Å². The minimum absolute atomic E-state index is 0.00443. The van der Waals surface area contributed by atoms with Gasteiger partial charge in [0, 0.05) is 54.6 Å². The maximum atomic E-state index is 14.6.